The van der Waals surface area contributed by atoms with E-state index in [1.807, 2.05) is 25.3 Å². The van der Waals surface area contributed by atoms with E-state index in [0.29, 0.717) is 18.8 Å². The maximum atomic E-state index is 10.5. The molecule has 2 rings (SSSR count). The molecule has 0 radical (unpaired) electrons. The van der Waals surface area contributed by atoms with Gasteiger partial charge in [-0.1, -0.05) is 6.07 Å². The summed E-state index contributed by atoms with van der Waals surface area (Å²) in [7, 11) is 0. The van der Waals surface area contributed by atoms with E-state index >= 15 is 0 Å². The van der Waals surface area contributed by atoms with Crippen LogP contribution in [0, 0.1) is 17.0 Å². The van der Waals surface area contributed by atoms with E-state index in [1.54, 1.807) is 12.1 Å². The van der Waals surface area contributed by atoms with Crippen LogP contribution in [0.4, 0.5) is 5.69 Å². The number of pyridine rings is 1. The Morgan fingerprint density at radius 1 is 1.21 bits per heavy atom. The standard InChI is InChI=1S/C14H14N2O3/c1-11-2-3-12(15-10-11)8-9-19-14-6-4-13(5-7-14)16(17)18/h2-7,10H,8-9H2,1H3. The summed E-state index contributed by atoms with van der Waals surface area (Å²) in [5.74, 6) is 0.623. The van der Waals surface area contributed by atoms with Gasteiger partial charge < -0.3 is 4.74 Å². The number of non-ortho nitro benzene ring substituents is 1. The predicted octanol–water partition coefficient (Wildman–Crippen LogP) is 2.92. The lowest BCUT2D eigenvalue weighted by molar-refractivity contribution is -0.384. The summed E-state index contributed by atoms with van der Waals surface area (Å²) < 4.78 is 5.51. The molecular formula is C14H14N2O3. The second-order valence-electron chi connectivity index (χ2n) is 4.18. The van der Waals surface area contributed by atoms with E-state index in [4.69, 9.17) is 4.74 Å². The van der Waals surface area contributed by atoms with Crippen LogP contribution in [-0.2, 0) is 6.42 Å². The number of ether oxygens (including phenoxy) is 1. The maximum absolute atomic E-state index is 10.5. The highest BCUT2D eigenvalue weighted by molar-refractivity contribution is 5.35. The molecule has 0 aliphatic heterocycles. The van der Waals surface area contributed by atoms with Crippen molar-refractivity contribution in [3.8, 4) is 5.75 Å². The van der Waals surface area contributed by atoms with Crippen molar-refractivity contribution in [3.63, 3.8) is 0 Å². The van der Waals surface area contributed by atoms with Gasteiger partial charge in [0.15, 0.2) is 0 Å². The Bertz CT molecular complexity index is 550. The van der Waals surface area contributed by atoms with Crippen molar-refractivity contribution in [2.75, 3.05) is 6.61 Å². The molecule has 0 saturated heterocycles. The highest BCUT2D eigenvalue weighted by atomic mass is 16.6. The van der Waals surface area contributed by atoms with E-state index in [-0.39, 0.29) is 5.69 Å². The minimum absolute atomic E-state index is 0.0625. The topological polar surface area (TPSA) is 65.3 Å². The van der Waals surface area contributed by atoms with Gasteiger partial charge in [0, 0.05) is 30.4 Å². The molecule has 1 aromatic carbocycles. The van der Waals surface area contributed by atoms with Crippen molar-refractivity contribution in [1.29, 1.82) is 0 Å². The van der Waals surface area contributed by atoms with Crippen LogP contribution in [0.5, 0.6) is 5.75 Å². The molecule has 0 atom stereocenters. The van der Waals surface area contributed by atoms with Crippen LogP contribution in [0.1, 0.15) is 11.3 Å². The second kappa shape index (κ2) is 5.95. The first kappa shape index (κ1) is 13.0. The lowest BCUT2D eigenvalue weighted by Gasteiger charge is -2.05. The van der Waals surface area contributed by atoms with E-state index in [2.05, 4.69) is 4.98 Å². The summed E-state index contributed by atoms with van der Waals surface area (Å²) in [6, 6.07) is 10.0. The first-order valence-electron chi connectivity index (χ1n) is 5.94. The molecule has 0 spiro atoms. The summed E-state index contributed by atoms with van der Waals surface area (Å²) in [6.07, 6.45) is 2.53. The highest BCUT2D eigenvalue weighted by Crippen LogP contribution is 2.17. The average Bonchev–Trinajstić information content (AvgIpc) is 2.41. The minimum atomic E-state index is -0.431. The van der Waals surface area contributed by atoms with E-state index < -0.39 is 4.92 Å². The lowest BCUT2D eigenvalue weighted by Crippen LogP contribution is -2.03. The summed E-state index contributed by atoms with van der Waals surface area (Å²) >= 11 is 0. The Balaban J connectivity index is 1.85. The third-order valence-corrected chi connectivity index (χ3v) is 2.65. The predicted molar refractivity (Wildman–Crippen MR) is 71.3 cm³/mol. The fourth-order valence-corrected chi connectivity index (χ4v) is 1.58. The van der Waals surface area contributed by atoms with Gasteiger partial charge in [-0.3, -0.25) is 15.1 Å². The number of hydrogen-bond acceptors (Lipinski definition) is 4. The Morgan fingerprint density at radius 3 is 2.53 bits per heavy atom. The number of rotatable bonds is 5. The smallest absolute Gasteiger partial charge is 0.269 e. The second-order valence-corrected chi connectivity index (χ2v) is 4.18. The summed E-state index contributed by atoms with van der Waals surface area (Å²) in [5.41, 5.74) is 2.15. The molecule has 5 nitrogen and oxygen atoms in total. The van der Waals surface area contributed by atoms with E-state index in [0.717, 1.165) is 11.3 Å². The molecule has 0 aliphatic rings. The van der Waals surface area contributed by atoms with Crippen molar-refractivity contribution in [2.45, 2.75) is 13.3 Å². The number of aromatic nitrogens is 1. The Morgan fingerprint density at radius 2 is 1.95 bits per heavy atom. The van der Waals surface area contributed by atoms with Crippen LogP contribution in [0.15, 0.2) is 42.6 Å². The fraction of sp³-hybridized carbons (Fsp3) is 0.214. The van der Waals surface area contributed by atoms with Gasteiger partial charge in [0.25, 0.3) is 5.69 Å². The Hall–Kier alpha value is -2.43. The van der Waals surface area contributed by atoms with Crippen molar-refractivity contribution in [2.24, 2.45) is 0 Å². The van der Waals surface area contributed by atoms with Crippen molar-refractivity contribution in [1.82, 2.24) is 4.98 Å². The molecule has 0 N–H and O–H groups in total. The minimum Gasteiger partial charge on any atom is -0.493 e. The molecule has 19 heavy (non-hydrogen) atoms. The molecule has 2 aromatic rings. The van der Waals surface area contributed by atoms with Gasteiger partial charge in [-0.15, -0.1) is 0 Å². The molecule has 0 fully saturated rings. The largest absolute Gasteiger partial charge is 0.493 e. The van der Waals surface area contributed by atoms with Crippen LogP contribution in [0.25, 0.3) is 0 Å². The fourth-order valence-electron chi connectivity index (χ4n) is 1.58. The van der Waals surface area contributed by atoms with Crippen molar-refractivity contribution >= 4 is 5.69 Å². The average molecular weight is 258 g/mol. The van der Waals surface area contributed by atoms with Gasteiger partial charge in [0.2, 0.25) is 0 Å². The van der Waals surface area contributed by atoms with E-state index in [9.17, 15) is 10.1 Å². The summed E-state index contributed by atoms with van der Waals surface area (Å²) in [5, 5.41) is 10.5. The van der Waals surface area contributed by atoms with Crippen LogP contribution >= 0.6 is 0 Å². The molecule has 1 heterocycles. The van der Waals surface area contributed by atoms with Crippen LogP contribution in [0.3, 0.4) is 0 Å². The first-order valence-corrected chi connectivity index (χ1v) is 5.94. The van der Waals surface area contributed by atoms with Gasteiger partial charge in [0.1, 0.15) is 5.75 Å². The molecule has 98 valence electrons. The Labute approximate surface area is 111 Å². The third kappa shape index (κ3) is 3.77. The number of nitro benzene ring substituents is 1. The van der Waals surface area contributed by atoms with Crippen molar-refractivity contribution < 1.29 is 9.66 Å². The quantitative estimate of drug-likeness (QED) is 0.611. The zero-order valence-electron chi connectivity index (χ0n) is 10.6. The summed E-state index contributed by atoms with van der Waals surface area (Å²) in [6.45, 7) is 2.48. The molecule has 0 unspecified atom stereocenters. The monoisotopic (exact) mass is 258 g/mol. The Kier molecular flexibility index (Phi) is 4.07. The molecule has 5 heteroatoms. The molecule has 0 aliphatic carbocycles. The normalized spacial score (nSPS) is 10.2. The molecular weight excluding hydrogens is 244 g/mol. The van der Waals surface area contributed by atoms with E-state index in [1.165, 1.54) is 12.1 Å². The van der Waals surface area contributed by atoms with Crippen LogP contribution in [0.2, 0.25) is 0 Å². The van der Waals surface area contributed by atoms with Gasteiger partial charge in [0.05, 0.1) is 11.5 Å². The van der Waals surface area contributed by atoms with Gasteiger partial charge in [-0.05, 0) is 30.7 Å². The molecule has 0 saturated carbocycles. The molecule has 0 amide bonds. The number of nitrogens with zero attached hydrogens (tertiary/aromatic N) is 2. The number of aryl methyl sites for hydroxylation is 1. The lowest BCUT2D eigenvalue weighted by atomic mass is 10.2. The van der Waals surface area contributed by atoms with Gasteiger partial charge in [-0.2, -0.15) is 0 Å². The van der Waals surface area contributed by atoms with Crippen LogP contribution < -0.4 is 4.74 Å². The summed E-state index contributed by atoms with van der Waals surface area (Å²) in [4.78, 5) is 14.3. The maximum Gasteiger partial charge on any atom is 0.269 e. The highest BCUT2D eigenvalue weighted by Gasteiger charge is 2.04. The number of hydrogen-bond donors (Lipinski definition) is 0. The third-order valence-electron chi connectivity index (χ3n) is 2.65. The van der Waals surface area contributed by atoms with Gasteiger partial charge in [-0.25, -0.2) is 0 Å². The van der Waals surface area contributed by atoms with Crippen molar-refractivity contribution in [3.05, 3.63) is 64.0 Å². The number of nitro groups is 1. The zero-order chi connectivity index (χ0) is 13.7. The molecule has 0 bridgehead atoms. The first-order chi connectivity index (χ1) is 9.15. The zero-order valence-corrected chi connectivity index (χ0v) is 10.6. The van der Waals surface area contributed by atoms with Gasteiger partial charge >= 0.3 is 0 Å². The number of benzene rings is 1. The van der Waals surface area contributed by atoms with Crippen LogP contribution in [-0.4, -0.2) is 16.5 Å². The molecule has 1 aromatic heterocycles. The SMILES string of the molecule is Cc1ccc(CCOc2ccc([N+](=O)[O-])cc2)nc1.